The zero-order valence-electron chi connectivity index (χ0n) is 17.3. The molecule has 2 amide bonds. The van der Waals surface area contributed by atoms with Gasteiger partial charge in [0.1, 0.15) is 5.82 Å². The number of carbonyl (C=O) groups is 2. The third-order valence-corrected chi connectivity index (χ3v) is 6.67. The third-order valence-electron chi connectivity index (χ3n) is 5.41. The van der Waals surface area contributed by atoms with Crippen LogP contribution < -0.4 is 10.6 Å². The molecule has 3 aromatic rings. The molecule has 4 rings (SSSR count). The molecule has 1 aromatic carbocycles. The number of thiophene rings is 1. The number of nitrogens with zero attached hydrogens (tertiary/aromatic N) is 2. The topological polar surface area (TPSA) is 90.1 Å². The van der Waals surface area contributed by atoms with Gasteiger partial charge in [0.15, 0.2) is 0 Å². The first-order valence-corrected chi connectivity index (χ1v) is 11.2. The molecule has 1 aliphatic rings. The number of benzene rings is 1. The number of hydrogen-bond acceptors (Lipinski definition) is 5. The molecule has 0 bridgehead atoms. The van der Waals surface area contributed by atoms with E-state index in [0.29, 0.717) is 6.42 Å². The monoisotopic (exact) mass is 425 g/mol. The van der Waals surface area contributed by atoms with Gasteiger partial charge in [0.25, 0.3) is 5.91 Å². The lowest BCUT2D eigenvalue weighted by atomic mass is 10.1. The standard InChI is InChI=1S/C22H27N5O2S/c1-14(21-25-16-5-3-4-6-17(16)26-21)13-20(28)24-15(2)18-7-8-19(30-18)22(29)27-11-9-23-10-12-27/h3-8,14-15,23H,9-13H2,1-2H3,(H,24,28)(H,25,26)/t14?,15-/m1/s1. The summed E-state index contributed by atoms with van der Waals surface area (Å²) in [4.78, 5) is 36.7. The van der Waals surface area contributed by atoms with E-state index in [1.165, 1.54) is 11.3 Å². The van der Waals surface area contributed by atoms with Gasteiger partial charge in [0.2, 0.25) is 5.91 Å². The number of hydrogen-bond donors (Lipinski definition) is 3. The molecule has 3 N–H and O–H groups in total. The largest absolute Gasteiger partial charge is 0.349 e. The second-order valence-corrected chi connectivity index (χ2v) is 8.89. The zero-order chi connectivity index (χ0) is 21.1. The second-order valence-electron chi connectivity index (χ2n) is 7.78. The molecule has 2 aromatic heterocycles. The van der Waals surface area contributed by atoms with E-state index < -0.39 is 0 Å². The maximum Gasteiger partial charge on any atom is 0.264 e. The molecular formula is C22H27N5O2S. The van der Waals surface area contributed by atoms with Crippen LogP contribution in [-0.4, -0.2) is 52.9 Å². The average molecular weight is 426 g/mol. The van der Waals surface area contributed by atoms with E-state index in [1.54, 1.807) is 0 Å². The van der Waals surface area contributed by atoms with Crippen LogP contribution in [0.25, 0.3) is 11.0 Å². The summed E-state index contributed by atoms with van der Waals surface area (Å²) < 4.78 is 0. The summed E-state index contributed by atoms with van der Waals surface area (Å²) in [6, 6.07) is 11.5. The number of piperazine rings is 1. The van der Waals surface area contributed by atoms with Gasteiger partial charge in [-0.3, -0.25) is 9.59 Å². The fourth-order valence-electron chi connectivity index (χ4n) is 3.68. The highest BCUT2D eigenvalue weighted by Gasteiger charge is 2.22. The summed E-state index contributed by atoms with van der Waals surface area (Å²) in [6.45, 7) is 7.09. The minimum absolute atomic E-state index is 0.0159. The third kappa shape index (κ3) is 4.55. The van der Waals surface area contributed by atoms with Crippen LogP contribution in [-0.2, 0) is 4.79 Å². The van der Waals surface area contributed by atoms with Crippen molar-refractivity contribution >= 4 is 34.2 Å². The Morgan fingerprint density at radius 3 is 2.70 bits per heavy atom. The minimum Gasteiger partial charge on any atom is -0.349 e. The van der Waals surface area contributed by atoms with Gasteiger partial charge in [0.05, 0.1) is 22.0 Å². The Morgan fingerprint density at radius 1 is 1.17 bits per heavy atom. The number of para-hydroxylation sites is 2. The molecule has 1 aliphatic heterocycles. The van der Waals surface area contributed by atoms with Gasteiger partial charge in [-0.05, 0) is 31.2 Å². The Kier molecular flexibility index (Phi) is 6.15. The second kappa shape index (κ2) is 8.97. The Labute approximate surface area is 179 Å². The van der Waals surface area contributed by atoms with Gasteiger partial charge in [-0.25, -0.2) is 4.98 Å². The fraction of sp³-hybridized carbons (Fsp3) is 0.409. The number of rotatable bonds is 6. The van der Waals surface area contributed by atoms with E-state index in [4.69, 9.17) is 0 Å². The Bertz CT molecular complexity index is 1000. The first kappa shape index (κ1) is 20.6. The van der Waals surface area contributed by atoms with Gasteiger partial charge in [-0.2, -0.15) is 0 Å². The molecule has 8 heteroatoms. The summed E-state index contributed by atoms with van der Waals surface area (Å²) in [5.41, 5.74) is 1.89. The molecule has 0 aliphatic carbocycles. The first-order chi connectivity index (χ1) is 14.5. The lowest BCUT2D eigenvalue weighted by molar-refractivity contribution is -0.122. The Balaban J connectivity index is 1.34. The fourth-order valence-corrected chi connectivity index (χ4v) is 4.65. The van der Waals surface area contributed by atoms with Crippen LogP contribution in [0.5, 0.6) is 0 Å². The molecule has 2 atom stereocenters. The van der Waals surface area contributed by atoms with E-state index in [1.807, 2.05) is 55.1 Å². The predicted molar refractivity (Wildman–Crippen MR) is 119 cm³/mol. The lowest BCUT2D eigenvalue weighted by Crippen LogP contribution is -2.46. The maximum absolute atomic E-state index is 12.6. The molecule has 0 spiro atoms. The highest BCUT2D eigenvalue weighted by atomic mass is 32.1. The average Bonchev–Trinajstić information content (AvgIpc) is 3.41. The van der Waals surface area contributed by atoms with Gasteiger partial charge < -0.3 is 20.5 Å². The van der Waals surface area contributed by atoms with Crippen LogP contribution in [0.4, 0.5) is 0 Å². The zero-order valence-corrected chi connectivity index (χ0v) is 18.1. The van der Waals surface area contributed by atoms with Crippen LogP contribution in [0.2, 0.25) is 0 Å². The van der Waals surface area contributed by atoms with E-state index >= 15 is 0 Å². The van der Waals surface area contributed by atoms with E-state index in [9.17, 15) is 9.59 Å². The molecule has 1 saturated heterocycles. The predicted octanol–water partition coefficient (Wildman–Crippen LogP) is 3.04. The van der Waals surface area contributed by atoms with Crippen molar-refractivity contribution in [2.24, 2.45) is 0 Å². The van der Waals surface area contributed by atoms with Gasteiger partial charge in [-0.1, -0.05) is 19.1 Å². The van der Waals surface area contributed by atoms with Crippen molar-refractivity contribution in [1.29, 1.82) is 0 Å². The molecule has 0 radical (unpaired) electrons. The number of amides is 2. The Hall–Kier alpha value is -2.71. The SMILES string of the molecule is CC(CC(=O)N[C@H](C)c1ccc(C(=O)N2CCNCC2)s1)c1nc2ccccc2[nH]1. The van der Waals surface area contributed by atoms with E-state index in [0.717, 1.165) is 52.8 Å². The van der Waals surface area contributed by atoms with Crippen LogP contribution in [0.1, 0.15) is 52.6 Å². The molecule has 1 unspecified atom stereocenters. The summed E-state index contributed by atoms with van der Waals surface area (Å²) in [5.74, 6) is 0.848. The molecule has 7 nitrogen and oxygen atoms in total. The van der Waals surface area contributed by atoms with Gasteiger partial charge >= 0.3 is 0 Å². The molecule has 0 saturated carbocycles. The van der Waals surface area contributed by atoms with Crippen molar-refractivity contribution < 1.29 is 9.59 Å². The normalized spacial score (nSPS) is 16.4. The lowest BCUT2D eigenvalue weighted by Gasteiger charge is -2.26. The number of carbonyl (C=O) groups excluding carboxylic acids is 2. The summed E-state index contributed by atoms with van der Waals surface area (Å²) >= 11 is 1.46. The van der Waals surface area contributed by atoms with Crippen LogP contribution in [0.15, 0.2) is 36.4 Å². The summed E-state index contributed by atoms with van der Waals surface area (Å²) in [7, 11) is 0. The molecule has 30 heavy (non-hydrogen) atoms. The van der Waals surface area contributed by atoms with Crippen molar-refractivity contribution in [3.05, 3.63) is 52.0 Å². The van der Waals surface area contributed by atoms with Gasteiger partial charge in [0, 0.05) is 43.4 Å². The molecule has 3 heterocycles. The Morgan fingerprint density at radius 2 is 1.93 bits per heavy atom. The first-order valence-electron chi connectivity index (χ1n) is 10.3. The van der Waals surface area contributed by atoms with Crippen LogP contribution >= 0.6 is 11.3 Å². The summed E-state index contributed by atoms with van der Waals surface area (Å²) in [5, 5.41) is 6.31. The van der Waals surface area contributed by atoms with Crippen LogP contribution in [0.3, 0.4) is 0 Å². The molecular weight excluding hydrogens is 398 g/mol. The minimum atomic E-state index is -0.144. The van der Waals surface area contributed by atoms with Crippen LogP contribution in [0, 0.1) is 0 Å². The number of imidazole rings is 1. The maximum atomic E-state index is 12.6. The highest BCUT2D eigenvalue weighted by molar-refractivity contribution is 7.14. The van der Waals surface area contributed by atoms with Crippen molar-refractivity contribution in [3.63, 3.8) is 0 Å². The molecule has 158 valence electrons. The van der Waals surface area contributed by atoms with Gasteiger partial charge in [-0.15, -0.1) is 11.3 Å². The smallest absolute Gasteiger partial charge is 0.264 e. The highest BCUT2D eigenvalue weighted by Crippen LogP contribution is 2.25. The number of fused-ring (bicyclic) bond motifs is 1. The van der Waals surface area contributed by atoms with Crippen molar-refractivity contribution in [3.8, 4) is 0 Å². The van der Waals surface area contributed by atoms with Crippen molar-refractivity contribution in [2.75, 3.05) is 26.2 Å². The van der Waals surface area contributed by atoms with E-state index in [-0.39, 0.29) is 23.8 Å². The van der Waals surface area contributed by atoms with Crippen molar-refractivity contribution in [2.45, 2.75) is 32.2 Å². The van der Waals surface area contributed by atoms with Crippen molar-refractivity contribution in [1.82, 2.24) is 25.5 Å². The van der Waals surface area contributed by atoms with E-state index in [2.05, 4.69) is 20.6 Å². The summed E-state index contributed by atoms with van der Waals surface area (Å²) in [6.07, 6.45) is 0.349. The number of aromatic amines is 1. The number of H-pyrrole nitrogens is 1. The number of aromatic nitrogens is 2. The quantitative estimate of drug-likeness (QED) is 0.566. The molecule has 1 fully saturated rings. The number of nitrogens with one attached hydrogen (secondary N) is 3.